The van der Waals surface area contributed by atoms with Crippen LogP contribution in [0.1, 0.15) is 6.92 Å². The number of nitrogens with one attached hydrogen (secondary N) is 1. The van der Waals surface area contributed by atoms with E-state index in [1.807, 2.05) is 6.92 Å². The third-order valence-electron chi connectivity index (χ3n) is 1.35. The fourth-order valence-electron chi connectivity index (χ4n) is 0.829. The molecule has 14 heavy (non-hydrogen) atoms. The van der Waals surface area contributed by atoms with E-state index < -0.39 is 5.97 Å². The number of ether oxygens (including phenoxy) is 1. The fourth-order valence-corrected chi connectivity index (χ4v) is 0.829. The number of carbonyl (C=O) groups is 1. The SMILES string of the molecule is CCOc1cc(NCC(=O)O)ncn1. The average molecular weight is 197 g/mol. The van der Waals surface area contributed by atoms with Crippen molar-refractivity contribution in [1.82, 2.24) is 9.97 Å². The molecule has 0 spiro atoms. The number of hydrogen-bond acceptors (Lipinski definition) is 5. The van der Waals surface area contributed by atoms with Gasteiger partial charge < -0.3 is 15.2 Å². The minimum atomic E-state index is -0.943. The van der Waals surface area contributed by atoms with Crippen molar-refractivity contribution in [2.45, 2.75) is 6.92 Å². The second-order valence-corrected chi connectivity index (χ2v) is 2.42. The van der Waals surface area contributed by atoms with Crippen LogP contribution in [0, 0.1) is 0 Å². The van der Waals surface area contributed by atoms with Gasteiger partial charge in [0.25, 0.3) is 0 Å². The van der Waals surface area contributed by atoms with Crippen LogP contribution in [-0.2, 0) is 4.79 Å². The molecule has 0 radical (unpaired) electrons. The minimum Gasteiger partial charge on any atom is -0.480 e. The molecule has 0 aliphatic carbocycles. The van der Waals surface area contributed by atoms with Crippen molar-refractivity contribution in [3.05, 3.63) is 12.4 Å². The van der Waals surface area contributed by atoms with Crippen LogP contribution in [0.15, 0.2) is 12.4 Å². The van der Waals surface area contributed by atoms with Crippen LogP contribution in [0.25, 0.3) is 0 Å². The molecule has 0 aliphatic rings. The van der Waals surface area contributed by atoms with Crippen LogP contribution < -0.4 is 10.1 Å². The maximum absolute atomic E-state index is 10.2. The summed E-state index contributed by atoms with van der Waals surface area (Å²) in [4.78, 5) is 17.9. The predicted molar refractivity (Wildman–Crippen MR) is 49.3 cm³/mol. The molecule has 0 aromatic carbocycles. The molecular formula is C8H11N3O3. The van der Waals surface area contributed by atoms with Gasteiger partial charge >= 0.3 is 5.97 Å². The Bertz CT molecular complexity index is 316. The van der Waals surface area contributed by atoms with Gasteiger partial charge in [-0.3, -0.25) is 4.79 Å². The summed E-state index contributed by atoms with van der Waals surface area (Å²) in [5.74, 6) is -0.0807. The largest absolute Gasteiger partial charge is 0.480 e. The second-order valence-electron chi connectivity index (χ2n) is 2.42. The van der Waals surface area contributed by atoms with E-state index in [0.717, 1.165) is 0 Å². The Labute approximate surface area is 80.9 Å². The first-order chi connectivity index (χ1) is 6.72. The van der Waals surface area contributed by atoms with Crippen molar-refractivity contribution >= 4 is 11.8 Å². The third-order valence-corrected chi connectivity index (χ3v) is 1.35. The predicted octanol–water partition coefficient (Wildman–Crippen LogP) is 0.372. The molecule has 0 fully saturated rings. The van der Waals surface area contributed by atoms with E-state index >= 15 is 0 Å². The molecule has 6 nitrogen and oxygen atoms in total. The summed E-state index contributed by atoms with van der Waals surface area (Å²) in [5, 5.41) is 11.0. The Kier molecular flexibility index (Phi) is 3.66. The fraction of sp³-hybridized carbons (Fsp3) is 0.375. The van der Waals surface area contributed by atoms with Gasteiger partial charge in [-0.1, -0.05) is 0 Å². The van der Waals surface area contributed by atoms with Gasteiger partial charge in [0, 0.05) is 6.07 Å². The molecule has 0 aliphatic heterocycles. The Balaban J connectivity index is 2.58. The molecule has 0 saturated heterocycles. The molecular weight excluding hydrogens is 186 g/mol. The summed E-state index contributed by atoms with van der Waals surface area (Å²) in [6.07, 6.45) is 1.31. The molecule has 1 aromatic rings. The number of aliphatic carboxylic acids is 1. The van der Waals surface area contributed by atoms with E-state index in [0.29, 0.717) is 18.3 Å². The van der Waals surface area contributed by atoms with E-state index in [1.165, 1.54) is 6.33 Å². The smallest absolute Gasteiger partial charge is 0.322 e. The molecule has 0 saturated carbocycles. The average Bonchev–Trinajstić information content (AvgIpc) is 2.16. The summed E-state index contributed by atoms with van der Waals surface area (Å²) in [6.45, 7) is 2.17. The van der Waals surface area contributed by atoms with Gasteiger partial charge in [-0.2, -0.15) is 0 Å². The molecule has 2 N–H and O–H groups in total. The monoisotopic (exact) mass is 197 g/mol. The number of aromatic nitrogens is 2. The van der Waals surface area contributed by atoms with Crippen molar-refractivity contribution < 1.29 is 14.6 Å². The normalized spacial score (nSPS) is 9.50. The van der Waals surface area contributed by atoms with Crippen LogP contribution in [0.3, 0.4) is 0 Å². The van der Waals surface area contributed by atoms with Crippen molar-refractivity contribution in [2.75, 3.05) is 18.5 Å². The maximum Gasteiger partial charge on any atom is 0.322 e. The lowest BCUT2D eigenvalue weighted by molar-refractivity contribution is -0.134. The number of carboxylic acid groups (broad SMARTS) is 1. The van der Waals surface area contributed by atoms with E-state index in [4.69, 9.17) is 9.84 Å². The van der Waals surface area contributed by atoms with Crippen LogP contribution in [0.2, 0.25) is 0 Å². The van der Waals surface area contributed by atoms with E-state index in [1.54, 1.807) is 6.07 Å². The molecule has 1 heterocycles. The first kappa shape index (κ1) is 10.2. The highest BCUT2D eigenvalue weighted by Gasteiger charge is 2.00. The first-order valence-electron chi connectivity index (χ1n) is 4.13. The number of nitrogens with zero attached hydrogens (tertiary/aromatic N) is 2. The van der Waals surface area contributed by atoms with E-state index in [-0.39, 0.29) is 6.54 Å². The highest BCUT2D eigenvalue weighted by atomic mass is 16.5. The van der Waals surface area contributed by atoms with Crippen LogP contribution >= 0.6 is 0 Å². The van der Waals surface area contributed by atoms with Gasteiger partial charge in [0.05, 0.1) is 6.61 Å². The molecule has 1 rings (SSSR count). The number of hydrogen-bond donors (Lipinski definition) is 2. The lowest BCUT2D eigenvalue weighted by atomic mass is 10.5. The van der Waals surface area contributed by atoms with Crippen molar-refractivity contribution in [1.29, 1.82) is 0 Å². The lowest BCUT2D eigenvalue weighted by Crippen LogP contribution is -2.13. The summed E-state index contributed by atoms with van der Waals surface area (Å²) in [7, 11) is 0. The van der Waals surface area contributed by atoms with Gasteiger partial charge in [-0.05, 0) is 6.92 Å². The number of anilines is 1. The van der Waals surface area contributed by atoms with Gasteiger partial charge in [-0.25, -0.2) is 9.97 Å². The minimum absolute atomic E-state index is 0.178. The number of rotatable bonds is 5. The van der Waals surface area contributed by atoms with Gasteiger partial charge in [0.15, 0.2) is 0 Å². The maximum atomic E-state index is 10.2. The zero-order chi connectivity index (χ0) is 10.4. The molecule has 0 amide bonds. The summed E-state index contributed by atoms with van der Waals surface area (Å²) in [6, 6.07) is 1.55. The summed E-state index contributed by atoms with van der Waals surface area (Å²) in [5.41, 5.74) is 0. The van der Waals surface area contributed by atoms with Crippen molar-refractivity contribution in [3.63, 3.8) is 0 Å². The van der Waals surface area contributed by atoms with E-state index in [2.05, 4.69) is 15.3 Å². The van der Waals surface area contributed by atoms with Crippen molar-refractivity contribution in [2.24, 2.45) is 0 Å². The Morgan fingerprint density at radius 3 is 3.07 bits per heavy atom. The second kappa shape index (κ2) is 5.00. The highest BCUT2D eigenvalue weighted by Crippen LogP contribution is 2.09. The Morgan fingerprint density at radius 1 is 1.64 bits per heavy atom. The van der Waals surface area contributed by atoms with Crippen molar-refractivity contribution in [3.8, 4) is 5.88 Å². The van der Waals surface area contributed by atoms with E-state index in [9.17, 15) is 4.79 Å². The molecule has 1 aromatic heterocycles. The molecule has 0 atom stereocenters. The van der Waals surface area contributed by atoms with Crippen LogP contribution in [0.5, 0.6) is 5.88 Å². The topological polar surface area (TPSA) is 84.3 Å². The van der Waals surface area contributed by atoms with Gasteiger partial charge in [0.2, 0.25) is 5.88 Å². The third kappa shape index (κ3) is 3.26. The Morgan fingerprint density at radius 2 is 2.43 bits per heavy atom. The quantitative estimate of drug-likeness (QED) is 0.709. The number of carboxylic acids is 1. The molecule has 6 heteroatoms. The first-order valence-corrected chi connectivity index (χ1v) is 4.13. The zero-order valence-electron chi connectivity index (χ0n) is 7.73. The molecule has 0 bridgehead atoms. The summed E-state index contributed by atoms with van der Waals surface area (Å²) < 4.78 is 5.11. The highest BCUT2D eigenvalue weighted by molar-refractivity contribution is 5.72. The van der Waals surface area contributed by atoms with Gasteiger partial charge in [-0.15, -0.1) is 0 Å². The molecule has 76 valence electrons. The van der Waals surface area contributed by atoms with Crippen LogP contribution in [-0.4, -0.2) is 34.2 Å². The Hall–Kier alpha value is -1.85. The van der Waals surface area contributed by atoms with Gasteiger partial charge in [0.1, 0.15) is 18.7 Å². The van der Waals surface area contributed by atoms with Crippen LogP contribution in [0.4, 0.5) is 5.82 Å². The lowest BCUT2D eigenvalue weighted by Gasteiger charge is -2.04. The standard InChI is InChI=1S/C8H11N3O3/c1-2-14-7-3-6(10-5-11-7)9-4-8(12)13/h3,5H,2,4H2,1H3,(H,12,13)(H,9,10,11). The summed E-state index contributed by atoms with van der Waals surface area (Å²) >= 11 is 0. The zero-order valence-corrected chi connectivity index (χ0v) is 7.73. The molecule has 0 unspecified atom stereocenters.